The van der Waals surface area contributed by atoms with Crippen LogP contribution in [0.4, 0.5) is 0 Å². The van der Waals surface area contributed by atoms with Gasteiger partial charge in [-0.05, 0) is 12.0 Å². The van der Waals surface area contributed by atoms with Crippen LogP contribution in [0.5, 0.6) is 0 Å². The van der Waals surface area contributed by atoms with Crippen LogP contribution in [0.15, 0.2) is 36.4 Å². The predicted octanol–water partition coefficient (Wildman–Crippen LogP) is 2.32. The number of hydrogen-bond donors (Lipinski definition) is 2. The van der Waals surface area contributed by atoms with Gasteiger partial charge in [-0.15, -0.1) is 0 Å². The first kappa shape index (κ1) is 15.0. The number of benzene rings is 1. The summed E-state index contributed by atoms with van der Waals surface area (Å²) in [5.74, 6) is -1.49. The Labute approximate surface area is 113 Å². The molecule has 4 heteroatoms. The average Bonchev–Trinajstić information content (AvgIpc) is 2.38. The smallest absolute Gasteiger partial charge is 0.326 e. The predicted molar refractivity (Wildman–Crippen MR) is 74.5 cm³/mol. The van der Waals surface area contributed by atoms with Crippen LogP contribution in [0.3, 0.4) is 0 Å². The highest BCUT2D eigenvalue weighted by Crippen LogP contribution is 2.04. The highest BCUT2D eigenvalue weighted by atomic mass is 16.4. The molecular formula is C15H19NO3. The molecule has 19 heavy (non-hydrogen) atoms. The Morgan fingerprint density at radius 3 is 2.42 bits per heavy atom. The summed E-state index contributed by atoms with van der Waals surface area (Å²) in [5.41, 5.74) is 1.00. The van der Waals surface area contributed by atoms with Gasteiger partial charge in [-0.1, -0.05) is 56.3 Å². The van der Waals surface area contributed by atoms with Crippen molar-refractivity contribution in [2.24, 2.45) is 5.92 Å². The first-order chi connectivity index (χ1) is 9.00. The van der Waals surface area contributed by atoms with Crippen LogP contribution in [-0.2, 0) is 9.59 Å². The maximum absolute atomic E-state index is 11.5. The summed E-state index contributed by atoms with van der Waals surface area (Å²) in [6, 6.07) is 8.72. The van der Waals surface area contributed by atoms with Crippen molar-refractivity contribution in [3.63, 3.8) is 0 Å². The molecule has 1 aromatic carbocycles. The van der Waals surface area contributed by atoms with Crippen LogP contribution >= 0.6 is 0 Å². The lowest BCUT2D eigenvalue weighted by atomic mass is 10.1. The molecule has 0 saturated carbocycles. The van der Waals surface area contributed by atoms with E-state index in [0.717, 1.165) is 5.56 Å². The van der Waals surface area contributed by atoms with Crippen molar-refractivity contribution < 1.29 is 14.7 Å². The number of hydrogen-bond acceptors (Lipinski definition) is 2. The van der Waals surface area contributed by atoms with E-state index in [-0.39, 0.29) is 18.2 Å². The number of amides is 1. The second-order valence-corrected chi connectivity index (χ2v) is 4.60. The largest absolute Gasteiger partial charge is 0.480 e. The summed E-state index contributed by atoms with van der Waals surface area (Å²) in [6.07, 6.45) is 3.87. The number of nitrogens with one attached hydrogen (secondary N) is 1. The Bertz CT molecular complexity index is 452. The number of carboxylic acids is 1. The van der Waals surface area contributed by atoms with Crippen LogP contribution in [-0.4, -0.2) is 23.0 Å². The molecule has 0 aliphatic carbocycles. The Morgan fingerprint density at radius 2 is 1.89 bits per heavy atom. The second kappa shape index (κ2) is 7.36. The van der Waals surface area contributed by atoms with Gasteiger partial charge in [0.15, 0.2) is 0 Å². The van der Waals surface area contributed by atoms with Gasteiger partial charge in [0, 0.05) is 5.92 Å². The molecule has 1 amide bonds. The van der Waals surface area contributed by atoms with Crippen LogP contribution in [0.2, 0.25) is 0 Å². The first-order valence-electron chi connectivity index (χ1n) is 6.25. The molecule has 0 saturated heterocycles. The molecule has 0 aromatic heterocycles. The third-order valence-corrected chi connectivity index (χ3v) is 2.62. The molecule has 0 unspecified atom stereocenters. The van der Waals surface area contributed by atoms with Crippen molar-refractivity contribution >= 4 is 18.0 Å². The van der Waals surface area contributed by atoms with Gasteiger partial charge in [0.1, 0.15) is 6.04 Å². The van der Waals surface area contributed by atoms with Gasteiger partial charge in [-0.2, -0.15) is 0 Å². The molecule has 0 radical (unpaired) electrons. The molecule has 0 fully saturated rings. The van der Waals surface area contributed by atoms with Crippen molar-refractivity contribution in [3.05, 3.63) is 42.0 Å². The van der Waals surface area contributed by atoms with Crippen molar-refractivity contribution in [3.8, 4) is 0 Å². The van der Waals surface area contributed by atoms with E-state index in [2.05, 4.69) is 5.32 Å². The summed E-state index contributed by atoms with van der Waals surface area (Å²) >= 11 is 0. The van der Waals surface area contributed by atoms with Gasteiger partial charge >= 0.3 is 5.97 Å². The number of carbonyl (C=O) groups excluding carboxylic acids is 1. The summed E-state index contributed by atoms with van der Waals surface area (Å²) in [4.78, 5) is 22.5. The van der Waals surface area contributed by atoms with E-state index in [4.69, 9.17) is 5.11 Å². The third-order valence-electron chi connectivity index (χ3n) is 2.62. The number of rotatable bonds is 6. The van der Waals surface area contributed by atoms with E-state index in [1.54, 1.807) is 19.9 Å². The summed E-state index contributed by atoms with van der Waals surface area (Å²) < 4.78 is 0. The minimum absolute atomic E-state index is 0.222. The maximum Gasteiger partial charge on any atom is 0.326 e. The number of carbonyl (C=O) groups is 2. The van der Waals surface area contributed by atoms with Crippen LogP contribution in [0.25, 0.3) is 6.08 Å². The standard InChI is InChI=1S/C15H19NO3/c1-11(2)14(17)16-13(15(18)19)10-6-9-12-7-4-3-5-8-12/h3-9,11,13H,10H2,1-2H3,(H,16,17)(H,18,19)/b9-6+/t13-/m1/s1. The van der Waals surface area contributed by atoms with E-state index in [0.29, 0.717) is 0 Å². The highest BCUT2D eigenvalue weighted by Gasteiger charge is 2.19. The van der Waals surface area contributed by atoms with Crippen LogP contribution in [0.1, 0.15) is 25.8 Å². The van der Waals surface area contributed by atoms with Gasteiger partial charge in [-0.25, -0.2) is 4.79 Å². The Morgan fingerprint density at radius 1 is 1.26 bits per heavy atom. The monoisotopic (exact) mass is 261 g/mol. The van der Waals surface area contributed by atoms with Crippen molar-refractivity contribution in [2.75, 3.05) is 0 Å². The SMILES string of the molecule is CC(C)C(=O)N[C@H](C/C=C/c1ccccc1)C(=O)O. The van der Waals surface area contributed by atoms with Gasteiger partial charge in [0.2, 0.25) is 5.91 Å². The molecule has 1 aromatic rings. The summed E-state index contributed by atoms with van der Waals surface area (Å²) in [6.45, 7) is 3.46. The van der Waals surface area contributed by atoms with E-state index >= 15 is 0 Å². The lowest BCUT2D eigenvalue weighted by Crippen LogP contribution is -2.42. The second-order valence-electron chi connectivity index (χ2n) is 4.60. The third kappa shape index (κ3) is 5.38. The topological polar surface area (TPSA) is 66.4 Å². The fourth-order valence-corrected chi connectivity index (χ4v) is 1.46. The van der Waals surface area contributed by atoms with Gasteiger partial charge in [-0.3, -0.25) is 4.79 Å². The van der Waals surface area contributed by atoms with Crippen molar-refractivity contribution in [2.45, 2.75) is 26.3 Å². The summed E-state index contributed by atoms with van der Waals surface area (Å²) in [7, 11) is 0. The minimum atomic E-state index is -1.02. The quantitative estimate of drug-likeness (QED) is 0.825. The van der Waals surface area contributed by atoms with E-state index in [9.17, 15) is 9.59 Å². The summed E-state index contributed by atoms with van der Waals surface area (Å²) in [5, 5.41) is 11.6. The molecule has 0 bridgehead atoms. The van der Waals surface area contributed by atoms with E-state index in [1.807, 2.05) is 36.4 Å². The average molecular weight is 261 g/mol. The van der Waals surface area contributed by atoms with E-state index in [1.165, 1.54) is 0 Å². The molecule has 1 rings (SSSR count). The molecule has 0 aliphatic rings. The van der Waals surface area contributed by atoms with Crippen molar-refractivity contribution in [1.82, 2.24) is 5.32 Å². The minimum Gasteiger partial charge on any atom is -0.480 e. The zero-order chi connectivity index (χ0) is 14.3. The molecule has 1 atom stereocenters. The molecule has 2 N–H and O–H groups in total. The number of carboxylic acid groups (broad SMARTS) is 1. The molecular weight excluding hydrogens is 242 g/mol. The molecule has 0 aliphatic heterocycles. The fraction of sp³-hybridized carbons (Fsp3) is 0.333. The zero-order valence-corrected chi connectivity index (χ0v) is 11.2. The maximum atomic E-state index is 11.5. The zero-order valence-electron chi connectivity index (χ0n) is 11.2. The highest BCUT2D eigenvalue weighted by molar-refractivity contribution is 5.84. The lowest BCUT2D eigenvalue weighted by Gasteiger charge is -2.14. The normalized spacial score (nSPS) is 12.6. The molecule has 0 spiro atoms. The fourth-order valence-electron chi connectivity index (χ4n) is 1.46. The molecule has 4 nitrogen and oxygen atoms in total. The van der Waals surface area contributed by atoms with Crippen LogP contribution in [0, 0.1) is 5.92 Å². The first-order valence-corrected chi connectivity index (χ1v) is 6.25. The molecule has 0 heterocycles. The Hall–Kier alpha value is -2.10. The van der Waals surface area contributed by atoms with Gasteiger partial charge in [0.25, 0.3) is 0 Å². The molecule has 102 valence electrons. The number of aliphatic carboxylic acids is 1. The lowest BCUT2D eigenvalue weighted by molar-refractivity contribution is -0.142. The van der Waals surface area contributed by atoms with E-state index < -0.39 is 12.0 Å². The van der Waals surface area contributed by atoms with Crippen LogP contribution < -0.4 is 5.32 Å². The van der Waals surface area contributed by atoms with Gasteiger partial charge in [0.05, 0.1) is 0 Å². The van der Waals surface area contributed by atoms with Crippen molar-refractivity contribution in [1.29, 1.82) is 0 Å². The Kier molecular flexibility index (Phi) is 5.79. The Balaban J connectivity index is 2.58. The van der Waals surface area contributed by atoms with Gasteiger partial charge < -0.3 is 10.4 Å².